The minimum Gasteiger partial charge on any atom is -0.334 e. The van der Waals surface area contributed by atoms with Crippen LogP contribution >= 0.6 is 0 Å². The second kappa shape index (κ2) is 8.21. The number of benzene rings is 1. The number of aromatic nitrogens is 4. The lowest BCUT2D eigenvalue weighted by molar-refractivity contribution is 0.147. The minimum atomic E-state index is -0.0881. The highest BCUT2D eigenvalue weighted by atomic mass is 16.2. The highest BCUT2D eigenvalue weighted by Gasteiger charge is 2.30. The van der Waals surface area contributed by atoms with Gasteiger partial charge in [-0.15, -0.1) is 0 Å². The molecule has 3 aromatic rings. The van der Waals surface area contributed by atoms with Crippen molar-refractivity contribution in [2.24, 2.45) is 0 Å². The number of H-pyrrole nitrogens is 1. The maximum absolute atomic E-state index is 12.8. The van der Waals surface area contributed by atoms with E-state index in [1.54, 1.807) is 12.4 Å². The molecule has 1 aliphatic rings. The molecule has 0 radical (unpaired) electrons. The van der Waals surface area contributed by atoms with Crippen molar-refractivity contribution in [2.45, 2.75) is 38.8 Å². The maximum Gasteiger partial charge on any atom is 0.318 e. The summed E-state index contributed by atoms with van der Waals surface area (Å²) >= 11 is 0. The summed E-state index contributed by atoms with van der Waals surface area (Å²) in [6.45, 7) is 3.29. The van der Waals surface area contributed by atoms with Gasteiger partial charge in [-0.25, -0.2) is 9.78 Å². The molecule has 1 aromatic carbocycles. The first-order chi connectivity index (χ1) is 13.7. The van der Waals surface area contributed by atoms with Crippen molar-refractivity contribution in [1.82, 2.24) is 30.4 Å². The second-order valence-corrected chi connectivity index (χ2v) is 7.13. The molecule has 1 unspecified atom stereocenters. The van der Waals surface area contributed by atoms with E-state index in [2.05, 4.69) is 44.5 Å². The summed E-state index contributed by atoms with van der Waals surface area (Å²) in [6.07, 6.45) is 6.38. The van der Waals surface area contributed by atoms with Crippen LogP contribution in [0, 0.1) is 6.92 Å². The number of aryl methyl sites for hydroxylation is 1. The number of carbonyl (C=O) groups excluding carboxylic acids is 1. The van der Waals surface area contributed by atoms with Gasteiger partial charge in [-0.2, -0.15) is 5.10 Å². The third-order valence-electron chi connectivity index (χ3n) is 5.08. The predicted molar refractivity (Wildman–Crippen MR) is 106 cm³/mol. The number of nitrogens with zero attached hydrogens (tertiary/aromatic N) is 4. The van der Waals surface area contributed by atoms with Gasteiger partial charge in [0.25, 0.3) is 0 Å². The molecule has 144 valence electrons. The monoisotopic (exact) mass is 376 g/mol. The molecule has 1 saturated heterocycles. The van der Waals surface area contributed by atoms with Gasteiger partial charge in [0, 0.05) is 31.0 Å². The van der Waals surface area contributed by atoms with Crippen molar-refractivity contribution in [3.05, 3.63) is 65.7 Å². The number of piperidine rings is 1. The van der Waals surface area contributed by atoms with Gasteiger partial charge in [0.1, 0.15) is 5.82 Å². The maximum atomic E-state index is 12.8. The number of likely N-dealkylation sites (tertiary alicyclic amines) is 1. The van der Waals surface area contributed by atoms with Gasteiger partial charge in [-0.05, 0) is 43.9 Å². The number of urea groups is 1. The van der Waals surface area contributed by atoms with Gasteiger partial charge in [0.15, 0.2) is 5.82 Å². The number of aromatic amines is 1. The number of carbonyl (C=O) groups is 1. The van der Waals surface area contributed by atoms with E-state index < -0.39 is 0 Å². The second-order valence-electron chi connectivity index (χ2n) is 7.13. The van der Waals surface area contributed by atoms with Gasteiger partial charge in [-0.3, -0.25) is 10.1 Å². The summed E-state index contributed by atoms with van der Waals surface area (Å²) in [6, 6.07) is 11.8. The zero-order chi connectivity index (χ0) is 19.3. The summed E-state index contributed by atoms with van der Waals surface area (Å²) in [5.74, 6) is 1.36. The van der Waals surface area contributed by atoms with Crippen LogP contribution in [-0.2, 0) is 6.54 Å². The fourth-order valence-electron chi connectivity index (χ4n) is 3.50. The molecule has 1 aliphatic heterocycles. The zero-order valence-electron chi connectivity index (χ0n) is 15.9. The Morgan fingerprint density at radius 1 is 1.18 bits per heavy atom. The molecule has 4 rings (SSSR count). The Morgan fingerprint density at radius 2 is 1.96 bits per heavy atom. The molecule has 0 saturated carbocycles. The molecule has 0 bridgehead atoms. The fourth-order valence-corrected chi connectivity index (χ4v) is 3.50. The van der Waals surface area contributed by atoms with Gasteiger partial charge in [0.2, 0.25) is 0 Å². The molecular formula is C21H24N6O. The smallest absolute Gasteiger partial charge is 0.318 e. The number of hydrogen-bond acceptors (Lipinski definition) is 4. The third kappa shape index (κ3) is 4.03. The van der Waals surface area contributed by atoms with Crippen LogP contribution in [0.1, 0.15) is 42.3 Å². The van der Waals surface area contributed by atoms with E-state index in [1.807, 2.05) is 29.2 Å². The molecule has 2 amide bonds. The van der Waals surface area contributed by atoms with Crippen molar-refractivity contribution in [1.29, 1.82) is 0 Å². The Balaban J connectivity index is 1.46. The lowest BCUT2D eigenvalue weighted by atomic mass is 10.0. The van der Waals surface area contributed by atoms with Gasteiger partial charge >= 0.3 is 6.03 Å². The first kappa shape index (κ1) is 18.2. The first-order valence-corrected chi connectivity index (χ1v) is 9.63. The van der Waals surface area contributed by atoms with E-state index in [-0.39, 0.29) is 12.1 Å². The van der Waals surface area contributed by atoms with Crippen molar-refractivity contribution < 1.29 is 4.79 Å². The highest BCUT2D eigenvalue weighted by Crippen LogP contribution is 2.29. The Kier molecular flexibility index (Phi) is 5.32. The lowest BCUT2D eigenvalue weighted by Gasteiger charge is -2.34. The van der Waals surface area contributed by atoms with E-state index in [4.69, 9.17) is 0 Å². The number of hydrogen-bond donors (Lipinski definition) is 2. The molecule has 3 heterocycles. The van der Waals surface area contributed by atoms with Crippen molar-refractivity contribution in [2.75, 3.05) is 6.54 Å². The van der Waals surface area contributed by atoms with E-state index in [9.17, 15) is 4.79 Å². The topological polar surface area (TPSA) is 86.8 Å². The zero-order valence-corrected chi connectivity index (χ0v) is 15.9. The predicted octanol–water partition coefficient (Wildman–Crippen LogP) is 3.61. The SMILES string of the molecule is Cc1ccc(CNC(=O)N2CCCCC2c2nc(-c3ccncc3)n[nH]2)cc1. The molecule has 2 aromatic heterocycles. The summed E-state index contributed by atoms with van der Waals surface area (Å²) in [7, 11) is 0. The van der Waals surface area contributed by atoms with Crippen LogP contribution in [0.25, 0.3) is 11.4 Å². The van der Waals surface area contributed by atoms with Crippen LogP contribution in [-0.4, -0.2) is 37.6 Å². The van der Waals surface area contributed by atoms with Gasteiger partial charge in [-0.1, -0.05) is 29.8 Å². The van der Waals surface area contributed by atoms with E-state index >= 15 is 0 Å². The van der Waals surface area contributed by atoms with Crippen LogP contribution in [0.15, 0.2) is 48.8 Å². The van der Waals surface area contributed by atoms with E-state index in [0.29, 0.717) is 12.4 Å². The molecule has 0 spiro atoms. The van der Waals surface area contributed by atoms with Crippen LogP contribution in [0.4, 0.5) is 4.79 Å². The van der Waals surface area contributed by atoms with E-state index in [0.717, 1.165) is 42.8 Å². The Labute approximate surface area is 164 Å². The van der Waals surface area contributed by atoms with E-state index in [1.165, 1.54) is 5.56 Å². The van der Waals surface area contributed by atoms with Gasteiger partial charge < -0.3 is 10.2 Å². The van der Waals surface area contributed by atoms with Crippen LogP contribution < -0.4 is 5.32 Å². The Morgan fingerprint density at radius 3 is 2.75 bits per heavy atom. The molecule has 7 heteroatoms. The first-order valence-electron chi connectivity index (χ1n) is 9.63. The molecule has 7 nitrogen and oxygen atoms in total. The molecule has 1 fully saturated rings. The molecular weight excluding hydrogens is 352 g/mol. The molecule has 28 heavy (non-hydrogen) atoms. The van der Waals surface area contributed by atoms with Crippen LogP contribution in [0.3, 0.4) is 0 Å². The standard InChI is InChI=1S/C21H24N6O/c1-15-5-7-16(8-6-15)14-23-21(28)27-13-3-2-4-18(27)20-24-19(25-26-20)17-9-11-22-12-10-17/h5-12,18H,2-4,13-14H2,1H3,(H,23,28)(H,24,25,26). The number of pyridine rings is 1. The normalized spacial score (nSPS) is 16.8. The number of rotatable bonds is 4. The average Bonchev–Trinajstić information content (AvgIpc) is 3.24. The summed E-state index contributed by atoms with van der Waals surface area (Å²) in [5, 5.41) is 10.4. The minimum absolute atomic E-state index is 0.0628. The Hall–Kier alpha value is -3.22. The van der Waals surface area contributed by atoms with Crippen molar-refractivity contribution in [3.8, 4) is 11.4 Å². The lowest BCUT2D eigenvalue weighted by Crippen LogP contribution is -2.44. The fraction of sp³-hybridized carbons (Fsp3) is 0.333. The highest BCUT2D eigenvalue weighted by molar-refractivity contribution is 5.74. The van der Waals surface area contributed by atoms with Crippen LogP contribution in [0.2, 0.25) is 0 Å². The Bertz CT molecular complexity index is 922. The molecule has 2 N–H and O–H groups in total. The van der Waals surface area contributed by atoms with Crippen LogP contribution in [0.5, 0.6) is 0 Å². The third-order valence-corrected chi connectivity index (χ3v) is 5.08. The summed E-state index contributed by atoms with van der Waals surface area (Å²) in [5.41, 5.74) is 3.21. The average molecular weight is 376 g/mol. The number of nitrogens with one attached hydrogen (secondary N) is 2. The van der Waals surface area contributed by atoms with Gasteiger partial charge in [0.05, 0.1) is 6.04 Å². The van der Waals surface area contributed by atoms with Crippen molar-refractivity contribution >= 4 is 6.03 Å². The summed E-state index contributed by atoms with van der Waals surface area (Å²) < 4.78 is 0. The molecule has 0 aliphatic carbocycles. The summed E-state index contributed by atoms with van der Waals surface area (Å²) in [4.78, 5) is 23.4. The molecule has 1 atom stereocenters. The quantitative estimate of drug-likeness (QED) is 0.728. The largest absolute Gasteiger partial charge is 0.334 e. The number of amides is 2. The van der Waals surface area contributed by atoms with Crippen molar-refractivity contribution in [3.63, 3.8) is 0 Å².